The summed E-state index contributed by atoms with van der Waals surface area (Å²) in [6, 6.07) is 6.28. The highest BCUT2D eigenvalue weighted by atomic mass is 35.5. The van der Waals surface area contributed by atoms with E-state index >= 15 is 0 Å². The van der Waals surface area contributed by atoms with Crippen LogP contribution in [0.15, 0.2) is 30.3 Å². The molecule has 1 aromatic carbocycles. The molecule has 2 N–H and O–H groups in total. The fourth-order valence-electron chi connectivity index (χ4n) is 1.91. The molecule has 1 amide bonds. The molecule has 0 aliphatic heterocycles. The average molecular weight is 361 g/mol. The Labute approximate surface area is 140 Å². The lowest BCUT2D eigenvalue weighted by Crippen LogP contribution is -2.17. The number of aromatic nitrogens is 1. The second-order valence-electron chi connectivity index (χ2n) is 4.56. The van der Waals surface area contributed by atoms with E-state index in [-0.39, 0.29) is 29.5 Å². The number of ether oxygens (including phenoxy) is 1. The van der Waals surface area contributed by atoms with Crippen LogP contribution in [-0.2, 0) is 6.18 Å². The van der Waals surface area contributed by atoms with E-state index in [0.29, 0.717) is 0 Å². The standard InChI is InChI=1S/C15H12ClF3N2O3/c1-2-24-10-5-3-4-9(22)12(10)14(23)21-11-7-6-8(16)13(20-11)15(17,18)19/h3-7,22H,2H2,1H3,(H,20,21,23). The number of carbonyl (C=O) groups is 1. The van der Waals surface area contributed by atoms with Gasteiger partial charge in [-0.3, -0.25) is 4.79 Å². The lowest BCUT2D eigenvalue weighted by atomic mass is 10.1. The highest BCUT2D eigenvalue weighted by Gasteiger charge is 2.35. The Morgan fingerprint density at radius 1 is 1.33 bits per heavy atom. The van der Waals surface area contributed by atoms with Gasteiger partial charge in [0.1, 0.15) is 22.9 Å². The van der Waals surface area contributed by atoms with E-state index in [2.05, 4.69) is 10.3 Å². The zero-order valence-corrected chi connectivity index (χ0v) is 13.1. The Bertz CT molecular complexity index is 766. The van der Waals surface area contributed by atoms with Gasteiger partial charge < -0.3 is 15.2 Å². The van der Waals surface area contributed by atoms with Crippen molar-refractivity contribution in [1.29, 1.82) is 0 Å². The molecule has 0 aliphatic carbocycles. The number of benzene rings is 1. The van der Waals surface area contributed by atoms with Gasteiger partial charge in [0, 0.05) is 0 Å². The van der Waals surface area contributed by atoms with Crippen molar-refractivity contribution < 1.29 is 27.8 Å². The van der Waals surface area contributed by atoms with E-state index in [1.165, 1.54) is 18.2 Å². The maximum absolute atomic E-state index is 12.8. The van der Waals surface area contributed by atoms with Crippen LogP contribution in [0.25, 0.3) is 0 Å². The summed E-state index contributed by atoms with van der Waals surface area (Å²) < 4.78 is 43.6. The summed E-state index contributed by atoms with van der Waals surface area (Å²) in [7, 11) is 0. The van der Waals surface area contributed by atoms with Crippen LogP contribution >= 0.6 is 11.6 Å². The number of aromatic hydroxyl groups is 1. The van der Waals surface area contributed by atoms with Crippen molar-refractivity contribution in [1.82, 2.24) is 4.98 Å². The lowest BCUT2D eigenvalue weighted by molar-refractivity contribution is -0.141. The number of anilines is 1. The number of pyridine rings is 1. The molecular formula is C15H12ClF3N2O3. The van der Waals surface area contributed by atoms with Gasteiger partial charge in [0.15, 0.2) is 5.69 Å². The molecule has 1 heterocycles. The second-order valence-corrected chi connectivity index (χ2v) is 4.97. The van der Waals surface area contributed by atoms with Crippen LogP contribution in [0.4, 0.5) is 19.0 Å². The average Bonchev–Trinajstić information content (AvgIpc) is 2.48. The molecule has 0 radical (unpaired) electrons. The van der Waals surface area contributed by atoms with Gasteiger partial charge in [-0.15, -0.1) is 0 Å². The highest BCUT2D eigenvalue weighted by Crippen LogP contribution is 2.34. The van der Waals surface area contributed by atoms with Gasteiger partial charge in [0.05, 0.1) is 11.6 Å². The molecule has 2 rings (SSSR count). The van der Waals surface area contributed by atoms with E-state index < -0.39 is 22.8 Å². The largest absolute Gasteiger partial charge is 0.507 e. The lowest BCUT2D eigenvalue weighted by Gasteiger charge is -2.13. The van der Waals surface area contributed by atoms with Crippen LogP contribution in [0.2, 0.25) is 5.02 Å². The molecule has 0 fully saturated rings. The number of nitrogens with one attached hydrogen (secondary N) is 1. The van der Waals surface area contributed by atoms with Gasteiger partial charge in [-0.25, -0.2) is 4.98 Å². The number of nitrogens with zero attached hydrogens (tertiary/aromatic N) is 1. The summed E-state index contributed by atoms with van der Waals surface area (Å²) in [5, 5.41) is 11.4. The van der Waals surface area contributed by atoms with Gasteiger partial charge in [-0.05, 0) is 31.2 Å². The van der Waals surface area contributed by atoms with Gasteiger partial charge in [0.25, 0.3) is 5.91 Å². The summed E-state index contributed by atoms with van der Waals surface area (Å²) in [6.45, 7) is 1.92. The van der Waals surface area contributed by atoms with Crippen molar-refractivity contribution in [2.24, 2.45) is 0 Å². The minimum Gasteiger partial charge on any atom is -0.507 e. The molecule has 0 atom stereocenters. The fraction of sp³-hybridized carbons (Fsp3) is 0.200. The molecule has 128 valence electrons. The third kappa shape index (κ3) is 3.88. The normalized spacial score (nSPS) is 11.2. The molecule has 0 saturated heterocycles. The number of phenols is 1. The van der Waals surface area contributed by atoms with Crippen molar-refractivity contribution >= 4 is 23.3 Å². The molecule has 0 saturated carbocycles. The van der Waals surface area contributed by atoms with E-state index in [1.54, 1.807) is 6.92 Å². The molecule has 1 aromatic heterocycles. The van der Waals surface area contributed by atoms with Gasteiger partial charge in [0.2, 0.25) is 0 Å². The summed E-state index contributed by atoms with van der Waals surface area (Å²) in [5.74, 6) is -1.50. The minimum atomic E-state index is -4.76. The van der Waals surface area contributed by atoms with Crippen LogP contribution in [0, 0.1) is 0 Å². The maximum atomic E-state index is 12.8. The maximum Gasteiger partial charge on any atom is 0.434 e. The number of hydrogen-bond donors (Lipinski definition) is 2. The number of halogens is 4. The molecule has 0 aliphatic rings. The van der Waals surface area contributed by atoms with Crippen molar-refractivity contribution in [2.75, 3.05) is 11.9 Å². The Kier molecular flexibility index (Phi) is 5.18. The number of alkyl halides is 3. The summed E-state index contributed by atoms with van der Waals surface area (Å²) in [5.41, 5.74) is -1.52. The zero-order chi connectivity index (χ0) is 17.9. The predicted molar refractivity (Wildman–Crippen MR) is 81.5 cm³/mol. The molecule has 24 heavy (non-hydrogen) atoms. The molecular weight excluding hydrogens is 349 g/mol. The molecule has 5 nitrogen and oxygen atoms in total. The molecule has 0 bridgehead atoms. The Balaban J connectivity index is 2.35. The van der Waals surface area contributed by atoms with Crippen molar-refractivity contribution in [3.8, 4) is 11.5 Å². The number of hydrogen-bond acceptors (Lipinski definition) is 4. The summed E-state index contributed by atoms with van der Waals surface area (Å²) in [6.07, 6.45) is -4.76. The van der Waals surface area contributed by atoms with E-state index in [4.69, 9.17) is 16.3 Å². The SMILES string of the molecule is CCOc1cccc(O)c1C(=O)Nc1ccc(Cl)c(C(F)(F)F)n1. The molecule has 0 spiro atoms. The van der Waals surface area contributed by atoms with Crippen LogP contribution in [-0.4, -0.2) is 22.6 Å². The van der Waals surface area contributed by atoms with Gasteiger partial charge >= 0.3 is 6.18 Å². The number of amides is 1. The predicted octanol–water partition coefficient (Wildman–Crippen LogP) is 4.11. The first kappa shape index (κ1) is 17.9. The van der Waals surface area contributed by atoms with E-state index in [1.807, 2.05) is 0 Å². The van der Waals surface area contributed by atoms with E-state index in [9.17, 15) is 23.1 Å². The number of phenolic OH excluding ortho intramolecular Hbond substituents is 1. The van der Waals surface area contributed by atoms with Gasteiger partial charge in [-0.2, -0.15) is 13.2 Å². The summed E-state index contributed by atoms with van der Waals surface area (Å²) in [4.78, 5) is 15.6. The first-order chi connectivity index (χ1) is 11.2. The summed E-state index contributed by atoms with van der Waals surface area (Å²) >= 11 is 5.47. The smallest absolute Gasteiger partial charge is 0.434 e. The Hall–Kier alpha value is -2.48. The number of rotatable bonds is 4. The van der Waals surface area contributed by atoms with Crippen LogP contribution in [0.3, 0.4) is 0 Å². The first-order valence-corrected chi connectivity index (χ1v) is 7.11. The highest BCUT2D eigenvalue weighted by molar-refractivity contribution is 6.31. The number of carbonyl (C=O) groups excluding carboxylic acids is 1. The van der Waals surface area contributed by atoms with Crippen LogP contribution in [0.1, 0.15) is 23.0 Å². The zero-order valence-electron chi connectivity index (χ0n) is 12.3. The Morgan fingerprint density at radius 3 is 2.67 bits per heavy atom. The Morgan fingerprint density at radius 2 is 2.04 bits per heavy atom. The first-order valence-electron chi connectivity index (χ1n) is 6.74. The van der Waals surface area contributed by atoms with Crippen molar-refractivity contribution in [3.63, 3.8) is 0 Å². The second kappa shape index (κ2) is 6.96. The third-order valence-corrected chi connectivity index (χ3v) is 3.19. The minimum absolute atomic E-state index is 0.0972. The monoisotopic (exact) mass is 360 g/mol. The molecule has 0 unspecified atom stereocenters. The third-order valence-electron chi connectivity index (χ3n) is 2.89. The van der Waals surface area contributed by atoms with Gasteiger partial charge in [-0.1, -0.05) is 17.7 Å². The molecule has 9 heteroatoms. The topological polar surface area (TPSA) is 71.5 Å². The van der Waals surface area contributed by atoms with Crippen molar-refractivity contribution in [3.05, 3.63) is 46.6 Å². The molecule has 2 aromatic rings. The quantitative estimate of drug-likeness (QED) is 0.860. The van der Waals surface area contributed by atoms with Crippen molar-refractivity contribution in [2.45, 2.75) is 13.1 Å². The fourth-order valence-corrected chi connectivity index (χ4v) is 2.13. The van der Waals surface area contributed by atoms with Crippen LogP contribution < -0.4 is 10.1 Å². The van der Waals surface area contributed by atoms with E-state index in [0.717, 1.165) is 12.1 Å². The van der Waals surface area contributed by atoms with Crippen LogP contribution in [0.5, 0.6) is 11.5 Å².